The lowest BCUT2D eigenvalue weighted by molar-refractivity contribution is 0.447. The van der Waals surface area contributed by atoms with Gasteiger partial charge in [-0.2, -0.15) is 0 Å². The maximum atomic E-state index is 10.1. The second-order valence-electron chi connectivity index (χ2n) is 5.05. The van der Waals surface area contributed by atoms with Crippen LogP contribution in [0.4, 0.5) is 0 Å². The summed E-state index contributed by atoms with van der Waals surface area (Å²) in [7, 11) is 0. The number of phenols is 1. The lowest BCUT2D eigenvalue weighted by atomic mass is 9.97. The van der Waals surface area contributed by atoms with E-state index in [4.69, 9.17) is 0 Å². The molecule has 18 heavy (non-hydrogen) atoms. The molecule has 0 aliphatic heterocycles. The molecule has 2 atom stereocenters. The van der Waals surface area contributed by atoms with Crippen molar-refractivity contribution in [1.29, 1.82) is 0 Å². The van der Waals surface area contributed by atoms with Crippen LogP contribution < -0.4 is 5.32 Å². The monoisotopic (exact) mass is 243 g/mol. The second-order valence-corrected chi connectivity index (χ2v) is 5.05. The smallest absolute Gasteiger partial charge is 0.120 e. The molecule has 2 heteroatoms. The zero-order chi connectivity index (χ0) is 13.1. The molecule has 0 saturated carbocycles. The van der Waals surface area contributed by atoms with Crippen molar-refractivity contribution in [2.24, 2.45) is 0 Å². The van der Waals surface area contributed by atoms with Crippen LogP contribution in [-0.4, -0.2) is 11.7 Å². The van der Waals surface area contributed by atoms with Gasteiger partial charge in [-0.15, -0.1) is 11.8 Å². The highest BCUT2D eigenvalue weighted by atomic mass is 16.3. The normalized spacial score (nSPS) is 21.3. The Balaban J connectivity index is 2.18. The van der Waals surface area contributed by atoms with Gasteiger partial charge in [-0.1, -0.05) is 13.0 Å². The summed E-state index contributed by atoms with van der Waals surface area (Å²) in [6.07, 6.45) is 1.93. The largest absolute Gasteiger partial charge is 0.508 e. The Hall–Kier alpha value is -1.46. The first-order valence-electron chi connectivity index (χ1n) is 6.60. The highest BCUT2D eigenvalue weighted by molar-refractivity contribution is 5.50. The number of rotatable bonds is 3. The van der Waals surface area contributed by atoms with Crippen molar-refractivity contribution in [2.75, 3.05) is 6.54 Å². The van der Waals surface area contributed by atoms with E-state index in [9.17, 15) is 5.11 Å². The molecule has 2 unspecified atom stereocenters. The zero-order valence-corrected chi connectivity index (χ0v) is 11.4. The number of aromatic hydroxyl groups is 1. The molecule has 2 rings (SSSR count). The molecule has 1 aromatic rings. The van der Waals surface area contributed by atoms with Crippen LogP contribution in [0.3, 0.4) is 0 Å². The second kappa shape index (κ2) is 5.46. The van der Waals surface area contributed by atoms with Gasteiger partial charge in [0.1, 0.15) is 5.75 Å². The average molecular weight is 243 g/mol. The lowest BCUT2D eigenvalue weighted by Crippen LogP contribution is -2.20. The van der Waals surface area contributed by atoms with Crippen LogP contribution in [0.1, 0.15) is 55.3 Å². The SMILES string of the molecule is CC#CCCNC1CC(C)c2c(C)ccc(O)c21. The fourth-order valence-electron chi connectivity index (χ4n) is 2.96. The predicted molar refractivity (Wildman–Crippen MR) is 74.7 cm³/mol. The number of hydrogen-bond acceptors (Lipinski definition) is 2. The van der Waals surface area contributed by atoms with Crippen LogP contribution in [0, 0.1) is 18.8 Å². The number of hydrogen-bond donors (Lipinski definition) is 2. The van der Waals surface area contributed by atoms with Crippen molar-refractivity contribution in [3.8, 4) is 17.6 Å². The third kappa shape index (κ3) is 2.37. The summed E-state index contributed by atoms with van der Waals surface area (Å²) in [5, 5.41) is 13.6. The molecule has 0 bridgehead atoms. The van der Waals surface area contributed by atoms with Gasteiger partial charge in [-0.3, -0.25) is 0 Å². The van der Waals surface area contributed by atoms with Crippen LogP contribution in [0.15, 0.2) is 12.1 Å². The minimum Gasteiger partial charge on any atom is -0.508 e. The fourth-order valence-corrected chi connectivity index (χ4v) is 2.96. The van der Waals surface area contributed by atoms with E-state index in [1.807, 2.05) is 19.1 Å². The summed E-state index contributed by atoms with van der Waals surface area (Å²) in [6, 6.07) is 4.09. The van der Waals surface area contributed by atoms with Gasteiger partial charge in [-0.05, 0) is 43.4 Å². The van der Waals surface area contributed by atoms with E-state index in [1.165, 1.54) is 11.1 Å². The van der Waals surface area contributed by atoms with E-state index in [2.05, 4.69) is 31.0 Å². The Morgan fingerprint density at radius 1 is 1.39 bits per heavy atom. The molecule has 0 amide bonds. The molecule has 0 heterocycles. The first kappa shape index (κ1) is 13.0. The van der Waals surface area contributed by atoms with Gasteiger partial charge >= 0.3 is 0 Å². The zero-order valence-electron chi connectivity index (χ0n) is 11.4. The van der Waals surface area contributed by atoms with Crippen LogP contribution in [0.2, 0.25) is 0 Å². The number of phenolic OH excluding ortho intramolecular Hbond substituents is 1. The van der Waals surface area contributed by atoms with Gasteiger partial charge in [0, 0.05) is 24.6 Å². The Morgan fingerprint density at radius 3 is 2.89 bits per heavy atom. The molecule has 0 spiro atoms. The predicted octanol–water partition coefficient (Wildman–Crippen LogP) is 3.25. The van der Waals surface area contributed by atoms with Gasteiger partial charge in [0.2, 0.25) is 0 Å². The molecule has 2 nitrogen and oxygen atoms in total. The number of benzene rings is 1. The fraction of sp³-hybridized carbons (Fsp3) is 0.500. The molecule has 1 aliphatic rings. The van der Waals surface area contributed by atoms with Crippen molar-refractivity contribution < 1.29 is 5.11 Å². The Kier molecular flexibility index (Phi) is 3.93. The summed E-state index contributed by atoms with van der Waals surface area (Å²) < 4.78 is 0. The molecule has 0 fully saturated rings. The van der Waals surface area contributed by atoms with Gasteiger partial charge in [0.25, 0.3) is 0 Å². The van der Waals surface area contributed by atoms with E-state index in [-0.39, 0.29) is 6.04 Å². The van der Waals surface area contributed by atoms with E-state index in [0.717, 1.165) is 24.9 Å². The maximum Gasteiger partial charge on any atom is 0.120 e. The number of fused-ring (bicyclic) bond motifs is 1. The van der Waals surface area contributed by atoms with Crippen molar-refractivity contribution in [1.82, 2.24) is 5.32 Å². The average Bonchev–Trinajstić information content (AvgIpc) is 2.68. The molecule has 1 aliphatic carbocycles. The minimum absolute atomic E-state index is 0.272. The van der Waals surface area contributed by atoms with Crippen molar-refractivity contribution in [3.05, 3.63) is 28.8 Å². The van der Waals surface area contributed by atoms with Crippen LogP contribution >= 0.6 is 0 Å². The first-order valence-corrected chi connectivity index (χ1v) is 6.60. The maximum absolute atomic E-state index is 10.1. The molecule has 2 N–H and O–H groups in total. The van der Waals surface area contributed by atoms with Crippen molar-refractivity contribution in [3.63, 3.8) is 0 Å². The van der Waals surface area contributed by atoms with Gasteiger partial charge in [0.05, 0.1) is 0 Å². The molecular formula is C16H21NO. The van der Waals surface area contributed by atoms with Crippen molar-refractivity contribution in [2.45, 2.75) is 45.6 Å². The van der Waals surface area contributed by atoms with Crippen LogP contribution in [0.25, 0.3) is 0 Å². The van der Waals surface area contributed by atoms with Gasteiger partial charge in [0.15, 0.2) is 0 Å². The summed E-state index contributed by atoms with van der Waals surface area (Å²) >= 11 is 0. The lowest BCUT2D eigenvalue weighted by Gasteiger charge is -2.15. The summed E-state index contributed by atoms with van der Waals surface area (Å²) in [5.41, 5.74) is 3.72. The third-order valence-electron chi connectivity index (χ3n) is 3.73. The van der Waals surface area contributed by atoms with E-state index < -0.39 is 0 Å². The summed E-state index contributed by atoms with van der Waals surface area (Å²) in [6.45, 7) is 7.10. The molecule has 0 aromatic heterocycles. The molecule has 0 saturated heterocycles. The highest BCUT2D eigenvalue weighted by Gasteiger charge is 2.31. The van der Waals surface area contributed by atoms with Crippen LogP contribution in [0.5, 0.6) is 5.75 Å². The Morgan fingerprint density at radius 2 is 2.17 bits per heavy atom. The molecule has 0 radical (unpaired) electrons. The van der Waals surface area contributed by atoms with E-state index in [0.29, 0.717) is 11.7 Å². The van der Waals surface area contributed by atoms with Crippen molar-refractivity contribution >= 4 is 0 Å². The number of aryl methyl sites for hydroxylation is 1. The standard InChI is InChI=1S/C16H21NO/c1-4-5-6-9-17-13-10-12(3)15-11(2)7-8-14(18)16(13)15/h7-8,12-13,17-18H,6,9-10H2,1-3H3. The number of nitrogens with one attached hydrogen (secondary N) is 1. The van der Waals surface area contributed by atoms with Gasteiger partial charge in [-0.25, -0.2) is 0 Å². The summed E-state index contributed by atoms with van der Waals surface area (Å²) in [4.78, 5) is 0. The van der Waals surface area contributed by atoms with E-state index >= 15 is 0 Å². The van der Waals surface area contributed by atoms with E-state index in [1.54, 1.807) is 0 Å². The Bertz CT molecular complexity index is 496. The molecule has 96 valence electrons. The quantitative estimate of drug-likeness (QED) is 0.631. The summed E-state index contributed by atoms with van der Waals surface area (Å²) in [5.74, 6) is 6.91. The topological polar surface area (TPSA) is 32.3 Å². The molecular weight excluding hydrogens is 222 g/mol. The van der Waals surface area contributed by atoms with Gasteiger partial charge < -0.3 is 10.4 Å². The van der Waals surface area contributed by atoms with Crippen LogP contribution in [-0.2, 0) is 0 Å². The highest BCUT2D eigenvalue weighted by Crippen LogP contribution is 2.45. The minimum atomic E-state index is 0.272. The Labute approximate surface area is 109 Å². The first-order chi connectivity index (χ1) is 8.65. The third-order valence-corrected chi connectivity index (χ3v) is 3.73. The molecule has 1 aromatic carbocycles.